The SMILES string of the molecule is CC(C)OC(=O)[C@H](C)NP(=O)(OC[C@@]1(N=[N+]=[N-])O[C@@H](n2cnc3c(=O)[nH]c(N)nc32)[C@H](F)[C@@H]1O)Oc1ccc2ccccc2c1. The van der Waals surface area contributed by atoms with Gasteiger partial charge in [-0.1, -0.05) is 35.4 Å². The van der Waals surface area contributed by atoms with E-state index in [2.05, 4.69) is 30.1 Å². The van der Waals surface area contributed by atoms with Crippen LogP contribution >= 0.6 is 7.75 Å². The summed E-state index contributed by atoms with van der Waals surface area (Å²) in [6.07, 6.45) is -5.70. The second-order valence-electron chi connectivity index (χ2n) is 10.4. The Bertz CT molecular complexity index is 1900. The number of aromatic amines is 1. The molecule has 5 rings (SSSR count). The Balaban J connectivity index is 1.46. The molecule has 0 bridgehead atoms. The van der Waals surface area contributed by atoms with Gasteiger partial charge in [-0.3, -0.25) is 23.7 Å². The molecule has 6 atom stereocenters. The molecule has 5 N–H and O–H groups in total. The number of aliphatic hydroxyl groups excluding tert-OH is 1. The summed E-state index contributed by atoms with van der Waals surface area (Å²) in [5, 5.41) is 18.5. The lowest BCUT2D eigenvalue weighted by Crippen LogP contribution is -2.45. The van der Waals surface area contributed by atoms with Crippen LogP contribution in [0.3, 0.4) is 0 Å². The Hall–Kier alpha value is -4.57. The molecule has 1 fully saturated rings. The summed E-state index contributed by atoms with van der Waals surface area (Å²) in [6, 6.07) is 10.8. The summed E-state index contributed by atoms with van der Waals surface area (Å²) in [6.45, 7) is 3.58. The van der Waals surface area contributed by atoms with E-state index < -0.39 is 62.3 Å². The van der Waals surface area contributed by atoms with E-state index in [1.165, 1.54) is 13.0 Å². The number of aromatic nitrogens is 4. The van der Waals surface area contributed by atoms with Gasteiger partial charge in [0, 0.05) is 4.91 Å². The molecule has 0 radical (unpaired) electrons. The number of carbonyl (C=O) groups is 1. The fraction of sp³-hybridized carbons (Fsp3) is 0.385. The summed E-state index contributed by atoms with van der Waals surface area (Å²) >= 11 is 0. The van der Waals surface area contributed by atoms with Crippen molar-refractivity contribution in [1.82, 2.24) is 24.6 Å². The molecule has 0 aliphatic carbocycles. The van der Waals surface area contributed by atoms with E-state index in [1.807, 2.05) is 12.1 Å². The predicted molar refractivity (Wildman–Crippen MR) is 157 cm³/mol. The van der Waals surface area contributed by atoms with Crippen LogP contribution in [-0.2, 0) is 23.4 Å². The summed E-state index contributed by atoms with van der Waals surface area (Å²) in [5.41, 5.74) is 11.4. The number of hydrogen-bond acceptors (Lipinski definition) is 12. The number of esters is 1. The quantitative estimate of drug-likeness (QED) is 0.0604. The second kappa shape index (κ2) is 12.4. The molecule has 4 aromatic rings. The van der Waals surface area contributed by atoms with E-state index in [4.69, 9.17) is 24.3 Å². The smallest absolute Gasteiger partial charge is 0.459 e. The highest BCUT2D eigenvalue weighted by molar-refractivity contribution is 7.52. The number of nitrogens with one attached hydrogen (secondary N) is 2. The monoisotopic (exact) mass is 645 g/mol. The zero-order valence-corrected chi connectivity index (χ0v) is 25.0. The zero-order valence-electron chi connectivity index (χ0n) is 24.1. The number of carbonyl (C=O) groups excluding carboxylic acids is 1. The standard InChI is InChI=1S/C26H29FN9O8P/c1-13(2)42-24(39)14(3)33-45(40,44-17-9-8-15-6-4-5-7-16(15)10-17)41-11-26(34-35-29)20(37)18(27)23(43-26)36-12-30-19-21(36)31-25(28)32-22(19)38/h4-10,12-14,18,20,23,37H,11H2,1-3H3,(H,33,40)(H3,28,31,32,38)/t14-,18+,20-,23+,26+,45?/m0/s1. The van der Waals surface area contributed by atoms with Crippen LogP contribution in [0.4, 0.5) is 10.3 Å². The molecule has 1 saturated heterocycles. The van der Waals surface area contributed by atoms with Gasteiger partial charge in [-0.05, 0) is 49.2 Å². The van der Waals surface area contributed by atoms with Crippen LogP contribution in [0, 0.1) is 0 Å². The lowest BCUT2D eigenvalue weighted by Gasteiger charge is -2.29. The first kappa shape index (κ1) is 31.8. The number of nitrogens with zero attached hydrogens (tertiary/aromatic N) is 6. The Labute approximate surface area is 253 Å². The summed E-state index contributed by atoms with van der Waals surface area (Å²) in [4.78, 5) is 37.6. The van der Waals surface area contributed by atoms with E-state index in [0.717, 1.165) is 21.7 Å². The molecule has 2 aromatic heterocycles. The molecule has 17 nitrogen and oxygen atoms in total. The Morgan fingerprint density at radius 3 is 2.78 bits per heavy atom. The average molecular weight is 646 g/mol. The molecular formula is C26H29FN9O8P. The van der Waals surface area contributed by atoms with E-state index in [9.17, 15) is 24.8 Å². The molecule has 45 heavy (non-hydrogen) atoms. The topological polar surface area (TPSA) is 242 Å². The summed E-state index contributed by atoms with van der Waals surface area (Å²) < 4.78 is 53.0. The largest absolute Gasteiger partial charge is 0.462 e. The first-order valence-corrected chi connectivity index (χ1v) is 15.1. The number of fused-ring (bicyclic) bond motifs is 2. The number of hydrogen-bond donors (Lipinski definition) is 4. The Kier molecular flexibility index (Phi) is 8.80. The van der Waals surface area contributed by atoms with Crippen LogP contribution in [0.25, 0.3) is 32.4 Å². The maximum Gasteiger partial charge on any atom is 0.459 e. The number of alkyl halides is 1. The van der Waals surface area contributed by atoms with Gasteiger partial charge in [0.15, 0.2) is 23.6 Å². The van der Waals surface area contributed by atoms with Crippen molar-refractivity contribution >= 4 is 41.6 Å². The highest BCUT2D eigenvalue weighted by atomic mass is 31.2. The number of aliphatic hydroxyl groups is 1. The molecule has 1 aliphatic heterocycles. The Morgan fingerprint density at radius 2 is 2.07 bits per heavy atom. The highest BCUT2D eigenvalue weighted by Gasteiger charge is 2.57. The molecule has 2 aromatic carbocycles. The zero-order chi connectivity index (χ0) is 32.5. The van der Waals surface area contributed by atoms with Crippen molar-refractivity contribution in [2.75, 3.05) is 12.3 Å². The van der Waals surface area contributed by atoms with Crippen molar-refractivity contribution in [3.63, 3.8) is 0 Å². The summed E-state index contributed by atoms with van der Waals surface area (Å²) in [7, 11) is -4.61. The minimum Gasteiger partial charge on any atom is -0.462 e. The molecule has 1 unspecified atom stereocenters. The van der Waals surface area contributed by atoms with Gasteiger partial charge < -0.3 is 24.8 Å². The van der Waals surface area contributed by atoms with Gasteiger partial charge in [0.25, 0.3) is 5.56 Å². The lowest BCUT2D eigenvalue weighted by atomic mass is 10.1. The van der Waals surface area contributed by atoms with Crippen molar-refractivity contribution < 1.29 is 37.4 Å². The third-order valence-electron chi connectivity index (χ3n) is 6.74. The van der Waals surface area contributed by atoms with Crippen molar-refractivity contribution in [1.29, 1.82) is 0 Å². The Morgan fingerprint density at radius 1 is 1.33 bits per heavy atom. The van der Waals surface area contributed by atoms with Crippen molar-refractivity contribution in [2.45, 2.75) is 57.1 Å². The van der Waals surface area contributed by atoms with Crippen molar-refractivity contribution in [3.05, 3.63) is 69.6 Å². The number of nitrogens with two attached hydrogens (primary N) is 1. The van der Waals surface area contributed by atoms with Crippen molar-refractivity contribution in [3.8, 4) is 5.75 Å². The number of azide groups is 1. The number of H-pyrrole nitrogens is 1. The molecule has 238 valence electrons. The van der Waals surface area contributed by atoms with Crippen LogP contribution in [0.5, 0.6) is 5.75 Å². The fourth-order valence-corrected chi connectivity index (χ4v) is 6.16. The van der Waals surface area contributed by atoms with Gasteiger partial charge in [0.05, 0.1) is 19.0 Å². The number of ether oxygens (including phenoxy) is 2. The average Bonchev–Trinajstić information content (AvgIpc) is 3.51. The van der Waals surface area contributed by atoms with Crippen LogP contribution in [0.2, 0.25) is 0 Å². The van der Waals surface area contributed by atoms with Crippen LogP contribution in [-0.4, -0.2) is 67.3 Å². The first-order valence-electron chi connectivity index (χ1n) is 13.5. The van der Waals surface area contributed by atoms with E-state index in [1.54, 1.807) is 38.1 Å². The van der Waals surface area contributed by atoms with Gasteiger partial charge >= 0.3 is 13.7 Å². The van der Waals surface area contributed by atoms with Crippen molar-refractivity contribution in [2.24, 2.45) is 5.11 Å². The molecule has 1 aliphatic rings. The number of rotatable bonds is 11. The van der Waals surface area contributed by atoms with Gasteiger partial charge in [-0.25, -0.2) is 13.9 Å². The third-order valence-corrected chi connectivity index (χ3v) is 8.37. The molecule has 19 heteroatoms. The van der Waals surface area contributed by atoms with Crippen LogP contribution in [0.1, 0.15) is 27.0 Å². The van der Waals surface area contributed by atoms with Gasteiger partial charge in [0.1, 0.15) is 17.9 Å². The first-order chi connectivity index (χ1) is 21.3. The van der Waals surface area contributed by atoms with Gasteiger partial charge in [-0.2, -0.15) is 10.1 Å². The third kappa shape index (κ3) is 6.47. The van der Waals surface area contributed by atoms with Crippen LogP contribution in [0.15, 0.2) is 58.7 Å². The maximum atomic E-state index is 15.7. The number of nitrogen functional groups attached to an aromatic ring is 1. The van der Waals surface area contributed by atoms with E-state index in [-0.39, 0.29) is 22.9 Å². The number of halogens is 1. The molecule has 0 spiro atoms. The number of anilines is 1. The van der Waals surface area contributed by atoms with Gasteiger partial charge in [-0.15, -0.1) is 0 Å². The lowest BCUT2D eigenvalue weighted by molar-refractivity contribution is -0.149. The van der Waals surface area contributed by atoms with E-state index in [0.29, 0.717) is 0 Å². The van der Waals surface area contributed by atoms with Crippen LogP contribution < -0.4 is 20.9 Å². The minimum absolute atomic E-state index is 0.0692. The maximum absolute atomic E-state index is 15.7. The molecular weight excluding hydrogens is 616 g/mol. The number of benzene rings is 2. The number of imidazole rings is 1. The van der Waals surface area contributed by atoms with E-state index >= 15 is 4.39 Å². The highest BCUT2D eigenvalue weighted by Crippen LogP contribution is 2.49. The molecule has 0 amide bonds. The minimum atomic E-state index is -4.61. The molecule has 0 saturated carbocycles. The predicted octanol–water partition coefficient (Wildman–Crippen LogP) is 3.22. The normalized spacial score (nSPS) is 23.5. The fourth-order valence-electron chi connectivity index (χ4n) is 4.65. The summed E-state index contributed by atoms with van der Waals surface area (Å²) in [5.74, 6) is -1.01. The van der Waals surface area contributed by atoms with Gasteiger partial charge in [0.2, 0.25) is 11.7 Å². The molecule has 3 heterocycles. The second-order valence-corrected chi connectivity index (χ2v) is 12.1.